The van der Waals surface area contributed by atoms with Gasteiger partial charge in [0.1, 0.15) is 23.6 Å². The van der Waals surface area contributed by atoms with E-state index >= 15 is 0 Å². The molecule has 0 radical (unpaired) electrons. The molecule has 0 spiro atoms. The SMILES string of the molecule is CCCCOC1c2cc(NCc3cccc(Cl)c3)ccc2OC(C)(C)C1OCc1cc(C(F)(F)F)cc(C(F)(F)F)c1. The molecular formula is C31H32ClF6NO3. The molecule has 0 aliphatic carbocycles. The molecule has 4 rings (SSSR count). The smallest absolute Gasteiger partial charge is 0.416 e. The number of halogens is 7. The van der Waals surface area contributed by atoms with E-state index in [9.17, 15) is 26.3 Å². The third-order valence-electron chi connectivity index (χ3n) is 6.91. The molecule has 1 heterocycles. The number of hydrogen-bond acceptors (Lipinski definition) is 4. The molecule has 0 saturated carbocycles. The van der Waals surface area contributed by atoms with Crippen LogP contribution in [0.2, 0.25) is 5.02 Å². The van der Waals surface area contributed by atoms with Crippen LogP contribution in [-0.4, -0.2) is 18.3 Å². The second kappa shape index (κ2) is 12.7. The Morgan fingerprint density at radius 1 is 0.881 bits per heavy atom. The number of alkyl halides is 6. The Bertz CT molecular complexity index is 1340. The van der Waals surface area contributed by atoms with E-state index in [0.717, 1.165) is 24.1 Å². The molecule has 3 aromatic rings. The van der Waals surface area contributed by atoms with Gasteiger partial charge in [-0.25, -0.2) is 0 Å². The van der Waals surface area contributed by atoms with Crippen molar-refractivity contribution in [2.75, 3.05) is 11.9 Å². The zero-order valence-corrected chi connectivity index (χ0v) is 24.1. The van der Waals surface area contributed by atoms with E-state index in [-0.39, 0.29) is 11.6 Å². The lowest BCUT2D eigenvalue weighted by Gasteiger charge is -2.44. The van der Waals surface area contributed by atoms with E-state index in [1.165, 1.54) is 0 Å². The summed E-state index contributed by atoms with van der Waals surface area (Å²) in [7, 11) is 0. The summed E-state index contributed by atoms with van der Waals surface area (Å²) in [6.07, 6.45) is -9.86. The Labute approximate surface area is 245 Å². The van der Waals surface area contributed by atoms with Crippen LogP contribution in [0.1, 0.15) is 67.5 Å². The number of benzene rings is 3. The molecule has 11 heteroatoms. The van der Waals surface area contributed by atoms with Crippen molar-refractivity contribution < 1.29 is 40.6 Å². The van der Waals surface area contributed by atoms with Gasteiger partial charge in [0.2, 0.25) is 0 Å². The minimum Gasteiger partial charge on any atom is -0.485 e. The van der Waals surface area contributed by atoms with Crippen LogP contribution < -0.4 is 10.1 Å². The number of hydrogen-bond donors (Lipinski definition) is 1. The fourth-order valence-electron chi connectivity index (χ4n) is 4.80. The fourth-order valence-corrected chi connectivity index (χ4v) is 5.02. The van der Waals surface area contributed by atoms with Gasteiger partial charge in [-0.2, -0.15) is 26.3 Å². The van der Waals surface area contributed by atoms with E-state index < -0.39 is 47.9 Å². The second-order valence-electron chi connectivity index (χ2n) is 10.7. The fraction of sp³-hybridized carbons (Fsp3) is 0.419. The number of nitrogens with one attached hydrogen (secondary N) is 1. The average Bonchev–Trinajstić information content (AvgIpc) is 2.90. The highest BCUT2D eigenvalue weighted by molar-refractivity contribution is 6.30. The first kappa shape index (κ1) is 32.0. The van der Waals surface area contributed by atoms with Crippen LogP contribution in [0.5, 0.6) is 5.75 Å². The normalized spacial score (nSPS) is 18.3. The summed E-state index contributed by atoms with van der Waals surface area (Å²) in [5.74, 6) is 0.549. The molecule has 2 unspecified atom stereocenters. The van der Waals surface area contributed by atoms with Gasteiger partial charge < -0.3 is 19.5 Å². The third-order valence-corrected chi connectivity index (χ3v) is 7.14. The predicted molar refractivity (Wildman–Crippen MR) is 149 cm³/mol. The molecule has 42 heavy (non-hydrogen) atoms. The molecule has 0 aromatic heterocycles. The Hall–Kier alpha value is -2.95. The van der Waals surface area contributed by atoms with Crippen LogP contribution in [0, 0.1) is 0 Å². The van der Waals surface area contributed by atoms with Crippen molar-refractivity contribution in [1.29, 1.82) is 0 Å². The van der Waals surface area contributed by atoms with Crippen molar-refractivity contribution in [2.45, 2.75) is 76.9 Å². The minimum atomic E-state index is -4.96. The maximum atomic E-state index is 13.4. The van der Waals surface area contributed by atoms with Gasteiger partial charge in [0.15, 0.2) is 0 Å². The van der Waals surface area contributed by atoms with Crippen molar-refractivity contribution in [3.63, 3.8) is 0 Å². The van der Waals surface area contributed by atoms with Crippen molar-refractivity contribution in [3.05, 3.63) is 93.5 Å². The summed E-state index contributed by atoms with van der Waals surface area (Å²) in [5, 5.41) is 3.95. The van der Waals surface area contributed by atoms with Crippen molar-refractivity contribution in [3.8, 4) is 5.75 Å². The first-order valence-electron chi connectivity index (χ1n) is 13.5. The molecule has 1 aliphatic rings. The summed E-state index contributed by atoms with van der Waals surface area (Å²) in [6, 6.07) is 14.4. The van der Waals surface area contributed by atoms with Crippen LogP contribution in [0.25, 0.3) is 0 Å². The molecule has 0 saturated heterocycles. The Morgan fingerprint density at radius 3 is 2.19 bits per heavy atom. The summed E-state index contributed by atoms with van der Waals surface area (Å²) >= 11 is 6.09. The quantitative estimate of drug-likeness (QED) is 0.182. The first-order chi connectivity index (χ1) is 19.7. The zero-order chi connectivity index (χ0) is 30.7. The second-order valence-corrected chi connectivity index (χ2v) is 11.2. The molecule has 228 valence electrons. The lowest BCUT2D eigenvalue weighted by Crippen LogP contribution is -2.51. The number of unbranched alkanes of at least 4 members (excludes halogenated alkanes) is 1. The molecule has 0 fully saturated rings. The summed E-state index contributed by atoms with van der Waals surface area (Å²) in [4.78, 5) is 0. The Kier molecular flexibility index (Phi) is 9.69. The highest BCUT2D eigenvalue weighted by Crippen LogP contribution is 2.45. The topological polar surface area (TPSA) is 39.7 Å². The molecule has 1 aliphatic heterocycles. The van der Waals surface area contributed by atoms with Crippen LogP contribution in [0.3, 0.4) is 0 Å². The number of rotatable bonds is 10. The van der Waals surface area contributed by atoms with Crippen molar-refractivity contribution in [2.24, 2.45) is 0 Å². The molecule has 2 atom stereocenters. The molecule has 0 bridgehead atoms. The predicted octanol–water partition coefficient (Wildman–Crippen LogP) is 9.60. The largest absolute Gasteiger partial charge is 0.485 e. The van der Waals surface area contributed by atoms with Gasteiger partial charge in [-0.05, 0) is 79.9 Å². The van der Waals surface area contributed by atoms with E-state index in [1.54, 1.807) is 26.0 Å². The van der Waals surface area contributed by atoms with Crippen LogP contribution >= 0.6 is 11.6 Å². The zero-order valence-electron chi connectivity index (χ0n) is 23.3. The number of ether oxygens (including phenoxy) is 3. The lowest BCUT2D eigenvalue weighted by molar-refractivity contribution is -0.168. The standard InChI is InChI=1S/C31H32ClF6NO3/c1-4-5-11-40-27-25-16-24(39-17-19-7-6-8-23(32)14-19)9-10-26(25)42-29(2,3)28(27)41-18-20-12-21(30(33,34)35)15-22(13-20)31(36,37)38/h6-10,12-16,27-28,39H,4-5,11,17-18H2,1-3H3. The monoisotopic (exact) mass is 615 g/mol. The van der Waals surface area contributed by atoms with E-state index in [1.807, 2.05) is 37.3 Å². The maximum absolute atomic E-state index is 13.4. The van der Waals surface area contributed by atoms with E-state index in [0.29, 0.717) is 41.6 Å². The summed E-state index contributed by atoms with van der Waals surface area (Å²) < 4.78 is 99.1. The highest BCUT2D eigenvalue weighted by Gasteiger charge is 2.46. The van der Waals surface area contributed by atoms with E-state index in [2.05, 4.69) is 5.32 Å². The van der Waals surface area contributed by atoms with Gasteiger partial charge >= 0.3 is 12.4 Å². The highest BCUT2D eigenvalue weighted by atomic mass is 35.5. The Morgan fingerprint density at radius 2 is 1.57 bits per heavy atom. The summed E-state index contributed by atoms with van der Waals surface area (Å²) in [5.41, 5.74) is -1.69. The number of fused-ring (bicyclic) bond motifs is 1. The summed E-state index contributed by atoms with van der Waals surface area (Å²) in [6.45, 7) is 5.84. The molecule has 1 N–H and O–H groups in total. The van der Waals surface area contributed by atoms with Crippen LogP contribution in [0.4, 0.5) is 32.0 Å². The van der Waals surface area contributed by atoms with Gasteiger partial charge in [-0.15, -0.1) is 0 Å². The van der Waals surface area contributed by atoms with Crippen molar-refractivity contribution >= 4 is 17.3 Å². The minimum absolute atomic E-state index is 0.0992. The molecular weight excluding hydrogens is 584 g/mol. The van der Waals surface area contributed by atoms with Gasteiger partial charge in [-0.3, -0.25) is 0 Å². The Balaban J connectivity index is 1.63. The van der Waals surface area contributed by atoms with Gasteiger partial charge in [0.25, 0.3) is 0 Å². The van der Waals surface area contributed by atoms with Gasteiger partial charge in [0.05, 0.1) is 17.7 Å². The first-order valence-corrected chi connectivity index (χ1v) is 13.9. The molecule has 3 aromatic carbocycles. The third kappa shape index (κ3) is 7.90. The molecule has 4 nitrogen and oxygen atoms in total. The molecule has 0 amide bonds. The lowest BCUT2D eigenvalue weighted by atomic mass is 9.87. The van der Waals surface area contributed by atoms with Crippen molar-refractivity contribution in [1.82, 2.24) is 0 Å². The van der Waals surface area contributed by atoms with Gasteiger partial charge in [-0.1, -0.05) is 37.1 Å². The van der Waals surface area contributed by atoms with Crippen LogP contribution in [-0.2, 0) is 35.0 Å². The maximum Gasteiger partial charge on any atom is 0.416 e. The van der Waals surface area contributed by atoms with Gasteiger partial charge in [0, 0.05) is 29.4 Å². The number of anilines is 1. The van der Waals surface area contributed by atoms with Crippen LogP contribution in [0.15, 0.2) is 60.7 Å². The van der Waals surface area contributed by atoms with E-state index in [4.69, 9.17) is 25.8 Å². The average molecular weight is 616 g/mol.